The van der Waals surface area contributed by atoms with Gasteiger partial charge in [-0.15, -0.1) is 0 Å². The van der Waals surface area contributed by atoms with Crippen molar-refractivity contribution in [2.75, 3.05) is 20.8 Å². The van der Waals surface area contributed by atoms with E-state index in [1.165, 1.54) is 5.57 Å². The monoisotopic (exact) mass is 263 g/mol. The predicted octanol–water partition coefficient (Wildman–Crippen LogP) is 3.50. The number of nitrogens with one attached hydrogen (secondary N) is 1. The molecule has 0 bridgehead atoms. The van der Waals surface area contributed by atoms with Crippen LogP contribution in [0.5, 0.6) is 11.5 Å². The van der Waals surface area contributed by atoms with Gasteiger partial charge >= 0.3 is 0 Å². The predicted molar refractivity (Wildman–Crippen MR) is 81.0 cm³/mol. The minimum atomic E-state index is 0.363. The highest BCUT2D eigenvalue weighted by Gasteiger charge is 2.06. The Bertz CT molecular complexity index is 427. The van der Waals surface area contributed by atoms with Crippen LogP contribution in [0.15, 0.2) is 23.8 Å². The highest BCUT2D eigenvalue weighted by atomic mass is 16.5. The lowest BCUT2D eigenvalue weighted by molar-refractivity contribution is 0.294. The molecule has 0 spiro atoms. The van der Waals surface area contributed by atoms with Crippen molar-refractivity contribution < 1.29 is 9.47 Å². The normalized spacial score (nSPS) is 13.2. The number of benzene rings is 1. The first-order valence-electron chi connectivity index (χ1n) is 6.78. The smallest absolute Gasteiger partial charge is 0.161 e. The first-order valence-corrected chi connectivity index (χ1v) is 6.78. The molecule has 0 heterocycles. The molecule has 0 amide bonds. The molecule has 3 nitrogen and oxygen atoms in total. The van der Waals surface area contributed by atoms with Gasteiger partial charge in [-0.3, -0.25) is 0 Å². The highest BCUT2D eigenvalue weighted by Crippen LogP contribution is 2.29. The zero-order chi connectivity index (χ0) is 14.3. The lowest BCUT2D eigenvalue weighted by atomic mass is 10.1. The van der Waals surface area contributed by atoms with E-state index in [1.807, 2.05) is 25.2 Å². The van der Waals surface area contributed by atoms with E-state index in [0.717, 1.165) is 23.5 Å². The third-order valence-electron chi connectivity index (χ3n) is 3.16. The fourth-order valence-corrected chi connectivity index (χ4v) is 1.72. The van der Waals surface area contributed by atoms with Crippen molar-refractivity contribution in [2.24, 2.45) is 0 Å². The van der Waals surface area contributed by atoms with Gasteiger partial charge in [0.25, 0.3) is 0 Å². The van der Waals surface area contributed by atoms with Crippen molar-refractivity contribution in [1.82, 2.24) is 5.32 Å². The van der Waals surface area contributed by atoms with Crippen molar-refractivity contribution >= 4 is 6.08 Å². The Balaban J connectivity index is 2.97. The molecule has 0 aliphatic carbocycles. The van der Waals surface area contributed by atoms with Crippen LogP contribution in [0.3, 0.4) is 0 Å². The second-order valence-electron chi connectivity index (χ2n) is 4.66. The summed E-state index contributed by atoms with van der Waals surface area (Å²) in [4.78, 5) is 0. The first-order chi connectivity index (χ1) is 9.12. The average molecular weight is 263 g/mol. The van der Waals surface area contributed by atoms with Crippen LogP contribution in [0.2, 0.25) is 0 Å². The zero-order valence-corrected chi connectivity index (χ0v) is 12.6. The molecule has 1 N–H and O–H groups in total. The topological polar surface area (TPSA) is 30.5 Å². The molecule has 0 aliphatic rings. The second kappa shape index (κ2) is 7.85. The molecule has 1 unspecified atom stereocenters. The van der Waals surface area contributed by atoms with Crippen molar-refractivity contribution in [3.8, 4) is 11.5 Å². The van der Waals surface area contributed by atoms with Gasteiger partial charge in [-0.1, -0.05) is 24.6 Å². The van der Waals surface area contributed by atoms with Crippen molar-refractivity contribution in [2.45, 2.75) is 33.2 Å². The summed E-state index contributed by atoms with van der Waals surface area (Å²) in [5, 5.41) is 3.23. The summed E-state index contributed by atoms with van der Waals surface area (Å²) in [5.41, 5.74) is 2.42. The Morgan fingerprint density at radius 3 is 2.68 bits per heavy atom. The summed E-state index contributed by atoms with van der Waals surface area (Å²) in [5.74, 6) is 1.59. The van der Waals surface area contributed by atoms with Gasteiger partial charge in [0.2, 0.25) is 0 Å². The summed E-state index contributed by atoms with van der Waals surface area (Å²) in [6.07, 6.45) is 3.15. The maximum Gasteiger partial charge on any atom is 0.161 e. The van der Waals surface area contributed by atoms with E-state index in [4.69, 9.17) is 9.47 Å². The van der Waals surface area contributed by atoms with Gasteiger partial charge in [0.15, 0.2) is 11.5 Å². The molecule has 0 saturated carbocycles. The number of hydrogen-bond acceptors (Lipinski definition) is 3. The molecule has 3 heteroatoms. The lowest BCUT2D eigenvalue weighted by Crippen LogP contribution is -2.21. The molecule has 0 aliphatic heterocycles. The first kappa shape index (κ1) is 15.6. The van der Waals surface area contributed by atoms with E-state index < -0.39 is 0 Å². The standard InChI is InChI=1S/C16H25NO2/c1-6-9-19-16-11-14(7-8-15(16)18-5)10-12(2)13(3)17-4/h7-8,10-11,13,17H,6,9H2,1-5H3/b12-10-. The molecular formula is C16H25NO2. The van der Waals surface area contributed by atoms with E-state index in [2.05, 4.69) is 32.2 Å². The number of likely N-dealkylation sites (N-methyl/N-ethyl adjacent to an activating group) is 1. The van der Waals surface area contributed by atoms with Gasteiger partial charge < -0.3 is 14.8 Å². The lowest BCUT2D eigenvalue weighted by Gasteiger charge is -2.13. The van der Waals surface area contributed by atoms with Crippen LogP contribution >= 0.6 is 0 Å². The van der Waals surface area contributed by atoms with Gasteiger partial charge in [0.1, 0.15) is 0 Å². The van der Waals surface area contributed by atoms with Crippen LogP contribution in [-0.2, 0) is 0 Å². The minimum absolute atomic E-state index is 0.363. The Labute approximate surface area is 116 Å². The molecule has 19 heavy (non-hydrogen) atoms. The third-order valence-corrected chi connectivity index (χ3v) is 3.16. The molecule has 0 radical (unpaired) electrons. The highest BCUT2D eigenvalue weighted by molar-refractivity contribution is 5.58. The molecule has 1 aromatic rings. The molecule has 0 aromatic heterocycles. The van der Waals surface area contributed by atoms with Gasteiger partial charge in [-0.25, -0.2) is 0 Å². The van der Waals surface area contributed by atoms with Gasteiger partial charge in [0, 0.05) is 6.04 Å². The molecule has 106 valence electrons. The SMILES string of the molecule is CCCOc1cc(/C=C(/C)C(C)NC)ccc1OC. The number of ether oxygens (including phenoxy) is 2. The molecule has 0 fully saturated rings. The Morgan fingerprint density at radius 1 is 1.37 bits per heavy atom. The summed E-state index contributed by atoms with van der Waals surface area (Å²) >= 11 is 0. The fourth-order valence-electron chi connectivity index (χ4n) is 1.72. The molecule has 1 rings (SSSR count). The third kappa shape index (κ3) is 4.60. The van der Waals surface area contributed by atoms with Gasteiger partial charge in [0.05, 0.1) is 13.7 Å². The van der Waals surface area contributed by atoms with Crippen LogP contribution < -0.4 is 14.8 Å². The van der Waals surface area contributed by atoms with Crippen LogP contribution in [0, 0.1) is 0 Å². The molecular weight excluding hydrogens is 238 g/mol. The maximum atomic E-state index is 5.72. The number of methoxy groups -OCH3 is 1. The van der Waals surface area contributed by atoms with E-state index >= 15 is 0 Å². The molecule has 0 saturated heterocycles. The summed E-state index contributed by atoms with van der Waals surface area (Å²) in [6, 6.07) is 6.39. The summed E-state index contributed by atoms with van der Waals surface area (Å²) in [7, 11) is 3.63. The van der Waals surface area contributed by atoms with E-state index in [0.29, 0.717) is 12.6 Å². The second-order valence-corrected chi connectivity index (χ2v) is 4.66. The molecule has 1 atom stereocenters. The van der Waals surface area contributed by atoms with E-state index in [-0.39, 0.29) is 0 Å². The van der Waals surface area contributed by atoms with Crippen molar-refractivity contribution in [3.05, 3.63) is 29.3 Å². The van der Waals surface area contributed by atoms with Crippen LogP contribution in [-0.4, -0.2) is 26.8 Å². The largest absolute Gasteiger partial charge is 0.493 e. The number of hydrogen-bond donors (Lipinski definition) is 1. The number of rotatable bonds is 7. The Morgan fingerprint density at radius 2 is 2.11 bits per heavy atom. The fraction of sp³-hybridized carbons (Fsp3) is 0.500. The average Bonchev–Trinajstić information content (AvgIpc) is 2.44. The van der Waals surface area contributed by atoms with Crippen LogP contribution in [0.1, 0.15) is 32.8 Å². The quantitative estimate of drug-likeness (QED) is 0.816. The Hall–Kier alpha value is -1.48. The summed E-state index contributed by atoms with van der Waals surface area (Å²) in [6.45, 7) is 7.06. The summed E-state index contributed by atoms with van der Waals surface area (Å²) < 4.78 is 11.0. The van der Waals surface area contributed by atoms with Crippen molar-refractivity contribution in [1.29, 1.82) is 0 Å². The van der Waals surface area contributed by atoms with Crippen LogP contribution in [0.25, 0.3) is 6.08 Å². The van der Waals surface area contributed by atoms with E-state index in [9.17, 15) is 0 Å². The molecule has 1 aromatic carbocycles. The van der Waals surface area contributed by atoms with Gasteiger partial charge in [-0.2, -0.15) is 0 Å². The minimum Gasteiger partial charge on any atom is -0.493 e. The van der Waals surface area contributed by atoms with Crippen molar-refractivity contribution in [3.63, 3.8) is 0 Å². The zero-order valence-electron chi connectivity index (χ0n) is 12.6. The maximum absolute atomic E-state index is 5.72. The Kier molecular flexibility index (Phi) is 6.43. The van der Waals surface area contributed by atoms with Crippen LogP contribution in [0.4, 0.5) is 0 Å². The van der Waals surface area contributed by atoms with Gasteiger partial charge in [-0.05, 0) is 45.0 Å². The van der Waals surface area contributed by atoms with E-state index in [1.54, 1.807) is 7.11 Å².